The van der Waals surface area contributed by atoms with Crippen LogP contribution in [-0.4, -0.2) is 47.2 Å². The third-order valence-corrected chi connectivity index (χ3v) is 5.36. The first-order valence-corrected chi connectivity index (χ1v) is 8.87. The van der Waals surface area contributed by atoms with E-state index in [-0.39, 0.29) is 0 Å². The zero-order valence-corrected chi connectivity index (χ0v) is 14.6. The molecule has 0 bridgehead atoms. The van der Waals surface area contributed by atoms with E-state index < -0.39 is 0 Å². The van der Waals surface area contributed by atoms with E-state index in [0.29, 0.717) is 29.6 Å². The maximum Gasteiger partial charge on any atom is 0.222 e. The van der Waals surface area contributed by atoms with E-state index in [2.05, 4.69) is 21.2 Å². The Morgan fingerprint density at radius 3 is 2.58 bits per heavy atom. The van der Waals surface area contributed by atoms with Crippen molar-refractivity contribution in [2.45, 2.75) is 46.0 Å². The van der Waals surface area contributed by atoms with Gasteiger partial charge in [0, 0.05) is 32.6 Å². The molecular weight excluding hydrogens is 302 g/mol. The van der Waals surface area contributed by atoms with Crippen LogP contribution in [0.15, 0.2) is 0 Å². The van der Waals surface area contributed by atoms with Crippen LogP contribution in [0, 0.1) is 31.1 Å². The van der Waals surface area contributed by atoms with E-state index in [1.54, 1.807) is 0 Å². The molecule has 128 valence electrons. The molecule has 0 spiro atoms. The quantitative estimate of drug-likeness (QED) is 0.851. The third-order valence-electron chi connectivity index (χ3n) is 5.36. The first-order valence-electron chi connectivity index (χ1n) is 8.87. The van der Waals surface area contributed by atoms with Gasteiger partial charge in [0.05, 0.1) is 5.69 Å². The lowest BCUT2D eigenvalue weighted by molar-refractivity contribution is -0.134. The highest BCUT2D eigenvalue weighted by atomic mass is 16.2. The van der Waals surface area contributed by atoms with Crippen molar-refractivity contribution in [1.82, 2.24) is 15.1 Å². The van der Waals surface area contributed by atoms with Crippen LogP contribution >= 0.6 is 0 Å². The summed E-state index contributed by atoms with van der Waals surface area (Å²) < 4.78 is 0. The SMILES string of the molecule is Cc1nnc(N2CCC(CN3CCCCC3=O)CC2)c(C#N)c1C. The fraction of sp³-hybridized carbons (Fsp3) is 0.667. The first kappa shape index (κ1) is 16.7. The number of likely N-dealkylation sites (tertiary alicyclic amines) is 1. The Balaban J connectivity index is 1.62. The Morgan fingerprint density at radius 2 is 1.92 bits per heavy atom. The number of piperidine rings is 2. The first-order chi connectivity index (χ1) is 11.6. The third kappa shape index (κ3) is 3.35. The average molecular weight is 327 g/mol. The van der Waals surface area contributed by atoms with Crippen molar-refractivity contribution >= 4 is 11.7 Å². The Hall–Kier alpha value is -2.16. The van der Waals surface area contributed by atoms with Crippen LogP contribution in [-0.2, 0) is 4.79 Å². The molecule has 2 aliphatic heterocycles. The van der Waals surface area contributed by atoms with E-state index in [9.17, 15) is 10.1 Å². The minimum Gasteiger partial charge on any atom is -0.354 e. The van der Waals surface area contributed by atoms with Gasteiger partial charge in [-0.25, -0.2) is 0 Å². The van der Waals surface area contributed by atoms with Gasteiger partial charge in [-0.1, -0.05) is 0 Å². The zero-order valence-electron chi connectivity index (χ0n) is 14.6. The molecule has 0 N–H and O–H groups in total. The number of aromatic nitrogens is 2. The molecule has 24 heavy (non-hydrogen) atoms. The molecule has 3 heterocycles. The van der Waals surface area contributed by atoms with Gasteiger partial charge in [-0.2, -0.15) is 10.4 Å². The molecule has 1 amide bonds. The number of rotatable bonds is 3. The van der Waals surface area contributed by atoms with Crippen LogP contribution in [0.3, 0.4) is 0 Å². The molecule has 1 aromatic heterocycles. The molecule has 2 aliphatic rings. The van der Waals surface area contributed by atoms with E-state index >= 15 is 0 Å². The largest absolute Gasteiger partial charge is 0.354 e. The zero-order chi connectivity index (χ0) is 17.1. The van der Waals surface area contributed by atoms with Crippen molar-refractivity contribution in [1.29, 1.82) is 5.26 Å². The van der Waals surface area contributed by atoms with Gasteiger partial charge in [0.1, 0.15) is 11.6 Å². The summed E-state index contributed by atoms with van der Waals surface area (Å²) in [5.74, 6) is 1.58. The molecule has 6 nitrogen and oxygen atoms in total. The van der Waals surface area contributed by atoms with Gasteiger partial charge in [0.15, 0.2) is 5.82 Å². The molecule has 0 saturated carbocycles. The lowest BCUT2D eigenvalue weighted by Crippen LogP contribution is -2.43. The number of nitrogens with zero attached hydrogens (tertiary/aromatic N) is 5. The van der Waals surface area contributed by atoms with Gasteiger partial charge in [0.25, 0.3) is 0 Å². The monoisotopic (exact) mass is 327 g/mol. The molecule has 1 aromatic rings. The van der Waals surface area contributed by atoms with Crippen molar-refractivity contribution in [3.05, 3.63) is 16.8 Å². The van der Waals surface area contributed by atoms with E-state index in [1.165, 1.54) is 0 Å². The van der Waals surface area contributed by atoms with Gasteiger partial charge in [-0.15, -0.1) is 5.10 Å². The summed E-state index contributed by atoms with van der Waals surface area (Å²) in [4.78, 5) is 16.2. The molecule has 2 saturated heterocycles. The normalized spacial score (nSPS) is 19.5. The summed E-state index contributed by atoms with van der Waals surface area (Å²) in [6.45, 7) is 7.36. The Bertz CT molecular complexity index is 658. The summed E-state index contributed by atoms with van der Waals surface area (Å²) in [6.07, 6.45) is 4.94. The molecular formula is C18H25N5O. The Labute approximate surface area is 143 Å². The molecule has 0 atom stereocenters. The standard InChI is InChI=1S/C18H25N5O/c1-13-14(2)20-21-18(16(13)11-19)22-9-6-15(7-10-22)12-23-8-4-3-5-17(23)24/h15H,3-10,12H2,1-2H3. The second kappa shape index (κ2) is 7.16. The maximum absolute atomic E-state index is 12.0. The highest BCUT2D eigenvalue weighted by Crippen LogP contribution is 2.27. The van der Waals surface area contributed by atoms with Crippen molar-refractivity contribution < 1.29 is 4.79 Å². The van der Waals surface area contributed by atoms with Crippen molar-refractivity contribution in [3.8, 4) is 6.07 Å². The van der Waals surface area contributed by atoms with Crippen LogP contribution < -0.4 is 4.90 Å². The summed E-state index contributed by atoms with van der Waals surface area (Å²) in [5.41, 5.74) is 2.38. The lowest BCUT2D eigenvalue weighted by Gasteiger charge is -2.36. The smallest absolute Gasteiger partial charge is 0.222 e. The van der Waals surface area contributed by atoms with Gasteiger partial charge in [0.2, 0.25) is 5.91 Å². The molecule has 0 aromatic carbocycles. The molecule has 3 rings (SSSR count). The average Bonchev–Trinajstić information content (AvgIpc) is 2.60. The second-order valence-electron chi connectivity index (χ2n) is 6.95. The number of anilines is 1. The summed E-state index contributed by atoms with van der Waals surface area (Å²) >= 11 is 0. The lowest BCUT2D eigenvalue weighted by atomic mass is 9.94. The Kier molecular flexibility index (Phi) is 4.98. The van der Waals surface area contributed by atoms with Crippen LogP contribution in [0.1, 0.15) is 48.9 Å². The minimum absolute atomic E-state index is 0.315. The molecule has 2 fully saturated rings. The second-order valence-corrected chi connectivity index (χ2v) is 6.95. The van der Waals surface area contributed by atoms with Gasteiger partial charge < -0.3 is 9.80 Å². The Morgan fingerprint density at radius 1 is 1.17 bits per heavy atom. The predicted molar refractivity (Wildman–Crippen MR) is 91.6 cm³/mol. The number of amides is 1. The van der Waals surface area contributed by atoms with E-state index in [1.807, 2.05) is 18.7 Å². The number of hydrogen-bond acceptors (Lipinski definition) is 5. The van der Waals surface area contributed by atoms with Gasteiger partial charge in [-0.3, -0.25) is 4.79 Å². The molecule has 6 heteroatoms. The van der Waals surface area contributed by atoms with E-state index in [0.717, 1.165) is 63.1 Å². The fourth-order valence-electron chi connectivity index (χ4n) is 3.65. The van der Waals surface area contributed by atoms with Gasteiger partial charge >= 0.3 is 0 Å². The molecule has 0 unspecified atom stereocenters. The topological polar surface area (TPSA) is 73.1 Å². The highest BCUT2D eigenvalue weighted by Gasteiger charge is 2.27. The minimum atomic E-state index is 0.315. The van der Waals surface area contributed by atoms with Gasteiger partial charge in [-0.05, 0) is 51.0 Å². The van der Waals surface area contributed by atoms with Crippen molar-refractivity contribution in [2.24, 2.45) is 5.92 Å². The number of aryl methyl sites for hydroxylation is 1. The van der Waals surface area contributed by atoms with E-state index in [4.69, 9.17) is 0 Å². The van der Waals surface area contributed by atoms with Crippen LogP contribution in [0.2, 0.25) is 0 Å². The number of nitriles is 1. The van der Waals surface area contributed by atoms with Crippen LogP contribution in [0.4, 0.5) is 5.82 Å². The maximum atomic E-state index is 12.0. The fourth-order valence-corrected chi connectivity index (χ4v) is 3.65. The number of carbonyl (C=O) groups is 1. The van der Waals surface area contributed by atoms with Crippen molar-refractivity contribution in [2.75, 3.05) is 31.1 Å². The summed E-state index contributed by atoms with van der Waals surface area (Å²) in [6, 6.07) is 2.29. The van der Waals surface area contributed by atoms with Crippen molar-refractivity contribution in [3.63, 3.8) is 0 Å². The number of hydrogen-bond donors (Lipinski definition) is 0. The summed E-state index contributed by atoms with van der Waals surface area (Å²) in [5, 5.41) is 17.9. The molecule has 0 radical (unpaired) electrons. The molecule has 0 aliphatic carbocycles. The number of carbonyl (C=O) groups excluding carboxylic acids is 1. The van der Waals surface area contributed by atoms with Crippen LogP contribution in [0.25, 0.3) is 0 Å². The highest BCUT2D eigenvalue weighted by molar-refractivity contribution is 5.76. The summed E-state index contributed by atoms with van der Waals surface area (Å²) in [7, 11) is 0. The van der Waals surface area contributed by atoms with Crippen LogP contribution in [0.5, 0.6) is 0 Å². The predicted octanol–water partition coefficient (Wildman–Crippen LogP) is 2.19.